The first-order chi connectivity index (χ1) is 9.42. The van der Waals surface area contributed by atoms with Crippen LogP contribution in [0.5, 0.6) is 0 Å². The summed E-state index contributed by atoms with van der Waals surface area (Å²) < 4.78 is 4.37. The fourth-order valence-electron chi connectivity index (χ4n) is 1.46. The van der Waals surface area contributed by atoms with Crippen molar-refractivity contribution in [1.29, 1.82) is 0 Å². The zero-order valence-corrected chi connectivity index (χ0v) is 12.3. The minimum atomic E-state index is -0.987. The maximum absolute atomic E-state index is 11.4. The van der Waals surface area contributed by atoms with Crippen molar-refractivity contribution >= 4 is 41.0 Å². The molecular weight excluding hydrogens is 303 g/mol. The number of carbonyl (C=O) groups is 2. The zero-order chi connectivity index (χ0) is 15.1. The molecule has 0 spiro atoms. The number of halogens is 2. The van der Waals surface area contributed by atoms with E-state index < -0.39 is 17.9 Å². The number of aliphatic hydroxyl groups is 1. The topological polar surface area (TPSA) is 63.6 Å². The van der Waals surface area contributed by atoms with Gasteiger partial charge in [0.05, 0.1) is 13.2 Å². The molecule has 1 N–H and O–H groups in total. The van der Waals surface area contributed by atoms with E-state index in [1.807, 2.05) is 0 Å². The van der Waals surface area contributed by atoms with Gasteiger partial charge in [0.15, 0.2) is 0 Å². The van der Waals surface area contributed by atoms with Gasteiger partial charge >= 0.3 is 5.97 Å². The summed E-state index contributed by atoms with van der Waals surface area (Å²) in [5.74, 6) is -1.01. The van der Waals surface area contributed by atoms with Crippen molar-refractivity contribution in [1.82, 2.24) is 0 Å². The van der Waals surface area contributed by atoms with Crippen LogP contribution < -0.4 is 0 Å². The van der Waals surface area contributed by atoms with E-state index >= 15 is 0 Å². The van der Waals surface area contributed by atoms with Crippen molar-refractivity contribution in [3.05, 3.63) is 39.9 Å². The van der Waals surface area contributed by atoms with Crippen LogP contribution in [0.4, 0.5) is 0 Å². The Morgan fingerprint density at radius 2 is 2.10 bits per heavy atom. The molecule has 1 unspecified atom stereocenters. The largest absolute Gasteiger partial charge is 0.469 e. The molecule has 1 rings (SSSR count). The summed E-state index contributed by atoms with van der Waals surface area (Å²) in [6.07, 6.45) is 1.54. The molecule has 0 amide bonds. The monoisotopic (exact) mass is 316 g/mol. The molecule has 108 valence electrons. The molecular formula is C14H14Cl2O4. The maximum Gasteiger partial charge on any atom is 0.313 e. The molecule has 0 aliphatic heterocycles. The van der Waals surface area contributed by atoms with E-state index in [1.165, 1.54) is 13.2 Å². The third-order valence-electron chi connectivity index (χ3n) is 2.47. The van der Waals surface area contributed by atoms with Crippen molar-refractivity contribution in [2.24, 2.45) is 0 Å². The second-order valence-corrected chi connectivity index (χ2v) is 4.93. The van der Waals surface area contributed by atoms with Gasteiger partial charge in [0.2, 0.25) is 0 Å². The average molecular weight is 317 g/mol. The molecule has 0 bridgehead atoms. The van der Waals surface area contributed by atoms with E-state index in [0.717, 1.165) is 0 Å². The maximum atomic E-state index is 11.4. The van der Waals surface area contributed by atoms with E-state index in [4.69, 9.17) is 23.2 Å². The van der Waals surface area contributed by atoms with Crippen molar-refractivity contribution in [2.45, 2.75) is 18.9 Å². The van der Waals surface area contributed by atoms with Crippen LogP contribution in [-0.2, 0) is 14.3 Å². The summed E-state index contributed by atoms with van der Waals surface area (Å²) in [7, 11) is 1.20. The molecule has 20 heavy (non-hydrogen) atoms. The van der Waals surface area contributed by atoms with E-state index in [2.05, 4.69) is 4.74 Å². The van der Waals surface area contributed by atoms with Gasteiger partial charge in [-0.25, -0.2) is 0 Å². The van der Waals surface area contributed by atoms with Gasteiger partial charge in [-0.15, -0.1) is 0 Å². The van der Waals surface area contributed by atoms with E-state index in [0.29, 0.717) is 15.6 Å². The fraction of sp³-hybridized carbons (Fsp3) is 0.286. The Morgan fingerprint density at radius 1 is 1.40 bits per heavy atom. The number of benzene rings is 1. The number of aliphatic hydroxyl groups excluding tert-OH is 1. The SMILES string of the molecule is COC(=O)CC(=O)CC(O)/C=C/c1ccc(Cl)cc1Cl. The van der Waals surface area contributed by atoms with Gasteiger partial charge in [-0.1, -0.05) is 41.4 Å². The molecule has 1 aromatic rings. The fourth-order valence-corrected chi connectivity index (χ4v) is 1.93. The van der Waals surface area contributed by atoms with Gasteiger partial charge in [-0.05, 0) is 17.7 Å². The highest BCUT2D eigenvalue weighted by molar-refractivity contribution is 6.35. The Morgan fingerprint density at radius 3 is 2.70 bits per heavy atom. The smallest absolute Gasteiger partial charge is 0.313 e. The lowest BCUT2D eigenvalue weighted by molar-refractivity contribution is -0.143. The number of rotatable bonds is 6. The summed E-state index contributed by atoms with van der Waals surface area (Å²) in [6, 6.07) is 4.95. The molecule has 0 radical (unpaired) electrons. The van der Waals surface area contributed by atoms with Gasteiger partial charge in [-0.3, -0.25) is 9.59 Å². The van der Waals surface area contributed by atoms with Gasteiger partial charge < -0.3 is 9.84 Å². The predicted octanol–water partition coefficient (Wildman–Crippen LogP) is 2.89. The molecule has 0 aliphatic carbocycles. The first kappa shape index (κ1) is 16.7. The number of hydrogen-bond donors (Lipinski definition) is 1. The number of Topliss-reactive ketones (excluding diaryl/α,β-unsaturated/α-hetero) is 1. The Kier molecular flexibility index (Phi) is 6.71. The van der Waals surface area contributed by atoms with Crippen LogP contribution >= 0.6 is 23.2 Å². The molecule has 0 heterocycles. The molecule has 0 aromatic heterocycles. The lowest BCUT2D eigenvalue weighted by Gasteiger charge is -2.05. The first-order valence-electron chi connectivity index (χ1n) is 5.82. The molecule has 0 saturated heterocycles. The normalized spacial score (nSPS) is 12.4. The third kappa shape index (κ3) is 5.74. The van der Waals surface area contributed by atoms with Crippen molar-refractivity contribution in [2.75, 3.05) is 7.11 Å². The number of carbonyl (C=O) groups excluding carboxylic acids is 2. The Bertz CT molecular complexity index is 526. The summed E-state index contributed by atoms with van der Waals surface area (Å²) in [5, 5.41) is 10.6. The highest BCUT2D eigenvalue weighted by Gasteiger charge is 2.13. The van der Waals surface area contributed by atoms with Crippen LogP contribution in [0.3, 0.4) is 0 Å². The Hall–Kier alpha value is -1.36. The summed E-state index contributed by atoms with van der Waals surface area (Å²) in [5.41, 5.74) is 0.676. The number of methoxy groups -OCH3 is 1. The lowest BCUT2D eigenvalue weighted by atomic mass is 10.1. The molecule has 1 atom stereocenters. The van der Waals surface area contributed by atoms with E-state index in [1.54, 1.807) is 24.3 Å². The van der Waals surface area contributed by atoms with Crippen LogP contribution in [0.1, 0.15) is 18.4 Å². The first-order valence-corrected chi connectivity index (χ1v) is 6.57. The molecule has 0 aliphatic rings. The summed E-state index contributed by atoms with van der Waals surface area (Å²) in [6.45, 7) is 0. The van der Waals surface area contributed by atoms with Crippen LogP contribution in [0, 0.1) is 0 Å². The van der Waals surface area contributed by atoms with Gasteiger partial charge in [0.1, 0.15) is 12.2 Å². The molecule has 0 saturated carbocycles. The number of hydrogen-bond acceptors (Lipinski definition) is 4. The predicted molar refractivity (Wildman–Crippen MR) is 77.8 cm³/mol. The lowest BCUT2D eigenvalue weighted by Crippen LogP contribution is -2.15. The Labute approximate surface area is 126 Å². The van der Waals surface area contributed by atoms with E-state index in [-0.39, 0.29) is 12.8 Å². The average Bonchev–Trinajstić information content (AvgIpc) is 2.37. The number of ether oxygens (including phenoxy) is 1. The van der Waals surface area contributed by atoms with Crippen molar-refractivity contribution in [3.63, 3.8) is 0 Å². The molecule has 4 nitrogen and oxygen atoms in total. The third-order valence-corrected chi connectivity index (χ3v) is 3.03. The minimum absolute atomic E-state index is 0.156. The van der Waals surface area contributed by atoms with Gasteiger partial charge in [-0.2, -0.15) is 0 Å². The molecule has 1 aromatic carbocycles. The van der Waals surface area contributed by atoms with Crippen molar-refractivity contribution < 1.29 is 19.4 Å². The van der Waals surface area contributed by atoms with Crippen LogP contribution in [-0.4, -0.2) is 30.1 Å². The zero-order valence-electron chi connectivity index (χ0n) is 10.8. The van der Waals surface area contributed by atoms with Crippen LogP contribution in [0.15, 0.2) is 24.3 Å². The highest BCUT2D eigenvalue weighted by Crippen LogP contribution is 2.22. The van der Waals surface area contributed by atoms with Crippen LogP contribution in [0.25, 0.3) is 6.08 Å². The minimum Gasteiger partial charge on any atom is -0.469 e. The van der Waals surface area contributed by atoms with Gasteiger partial charge in [0.25, 0.3) is 0 Å². The number of esters is 1. The second-order valence-electron chi connectivity index (χ2n) is 4.09. The standard InChI is InChI=1S/C14H14Cl2O4/c1-20-14(19)8-12(18)7-11(17)5-3-9-2-4-10(15)6-13(9)16/h2-6,11,17H,7-8H2,1H3/b5-3+. The second kappa shape index (κ2) is 8.04. The van der Waals surface area contributed by atoms with Crippen LogP contribution in [0.2, 0.25) is 10.0 Å². The van der Waals surface area contributed by atoms with Gasteiger partial charge in [0, 0.05) is 16.5 Å². The summed E-state index contributed by atoms with van der Waals surface area (Å²) >= 11 is 11.7. The molecule has 6 heteroatoms. The quantitative estimate of drug-likeness (QED) is 0.647. The summed E-state index contributed by atoms with van der Waals surface area (Å²) in [4.78, 5) is 22.3. The Balaban J connectivity index is 2.57. The molecule has 0 fully saturated rings. The highest BCUT2D eigenvalue weighted by atomic mass is 35.5. The van der Waals surface area contributed by atoms with E-state index in [9.17, 15) is 14.7 Å². The number of ketones is 1. The van der Waals surface area contributed by atoms with Crippen molar-refractivity contribution in [3.8, 4) is 0 Å².